The van der Waals surface area contributed by atoms with Crippen molar-refractivity contribution in [2.45, 2.75) is 24.9 Å². The highest BCUT2D eigenvalue weighted by Gasteiger charge is 2.30. The van der Waals surface area contributed by atoms with Crippen LogP contribution in [0.2, 0.25) is 0 Å². The number of pyridine rings is 1. The van der Waals surface area contributed by atoms with E-state index in [0.717, 1.165) is 5.56 Å². The molecule has 1 fully saturated rings. The molecular weight excluding hydrogens is 280 g/mol. The highest BCUT2D eigenvalue weighted by atomic mass is 16.1. The van der Waals surface area contributed by atoms with Crippen LogP contribution in [-0.4, -0.2) is 26.7 Å². The Labute approximate surface area is 128 Å². The van der Waals surface area contributed by atoms with Gasteiger partial charge in [-0.1, -0.05) is 0 Å². The molecule has 2 N–H and O–H groups in total. The van der Waals surface area contributed by atoms with E-state index in [1.807, 2.05) is 19.3 Å². The second-order valence-corrected chi connectivity index (χ2v) is 5.33. The van der Waals surface area contributed by atoms with Crippen molar-refractivity contribution in [3.63, 3.8) is 0 Å². The van der Waals surface area contributed by atoms with Gasteiger partial charge in [-0.15, -0.1) is 0 Å². The van der Waals surface area contributed by atoms with Gasteiger partial charge in [-0.3, -0.25) is 9.48 Å². The van der Waals surface area contributed by atoms with Gasteiger partial charge < -0.3 is 10.6 Å². The molecule has 7 nitrogen and oxygen atoms in total. The summed E-state index contributed by atoms with van der Waals surface area (Å²) in [5.41, 5.74) is 1.48. The first kappa shape index (κ1) is 14.1. The zero-order valence-corrected chi connectivity index (χ0v) is 12.2. The number of nitriles is 1. The van der Waals surface area contributed by atoms with Crippen LogP contribution in [0.3, 0.4) is 0 Å². The Balaban J connectivity index is 1.80. The van der Waals surface area contributed by atoms with E-state index in [-0.39, 0.29) is 18.0 Å². The third-order valence-corrected chi connectivity index (χ3v) is 3.71. The molecule has 0 aliphatic carbocycles. The highest BCUT2D eigenvalue weighted by molar-refractivity contribution is 5.77. The fourth-order valence-electron chi connectivity index (χ4n) is 2.61. The SMILES string of the molecule is Cn1cc([C@@H]2NC(=O)CC[C@H]2Nc2ccc(C#N)cn2)cn1. The first-order chi connectivity index (χ1) is 10.7. The van der Waals surface area contributed by atoms with E-state index in [4.69, 9.17) is 5.26 Å². The van der Waals surface area contributed by atoms with Crippen molar-refractivity contribution in [2.24, 2.45) is 7.05 Å². The predicted octanol–water partition coefficient (Wildman–Crippen LogP) is 1.12. The molecular formula is C15H16N6O. The number of nitrogens with one attached hydrogen (secondary N) is 2. The average molecular weight is 296 g/mol. The van der Waals surface area contributed by atoms with Crippen molar-refractivity contribution in [2.75, 3.05) is 5.32 Å². The molecule has 22 heavy (non-hydrogen) atoms. The van der Waals surface area contributed by atoms with Gasteiger partial charge >= 0.3 is 0 Å². The summed E-state index contributed by atoms with van der Waals surface area (Å²) in [6.07, 6.45) is 6.38. The minimum Gasteiger partial charge on any atom is -0.365 e. The summed E-state index contributed by atoms with van der Waals surface area (Å²) in [6.45, 7) is 0. The van der Waals surface area contributed by atoms with Gasteiger partial charge in [0.15, 0.2) is 0 Å². The molecule has 0 spiro atoms. The molecule has 2 atom stereocenters. The number of carbonyl (C=O) groups excluding carboxylic acids is 1. The number of aryl methyl sites for hydroxylation is 1. The summed E-state index contributed by atoms with van der Waals surface area (Å²) in [4.78, 5) is 15.9. The summed E-state index contributed by atoms with van der Waals surface area (Å²) in [5, 5.41) is 19.3. The molecule has 1 amide bonds. The summed E-state index contributed by atoms with van der Waals surface area (Å²) in [5.74, 6) is 0.730. The van der Waals surface area contributed by atoms with Gasteiger partial charge in [-0.2, -0.15) is 10.4 Å². The third kappa shape index (κ3) is 2.91. The number of piperidine rings is 1. The predicted molar refractivity (Wildman–Crippen MR) is 79.7 cm³/mol. The second kappa shape index (κ2) is 5.85. The molecule has 0 unspecified atom stereocenters. The Morgan fingerprint density at radius 1 is 1.45 bits per heavy atom. The zero-order valence-electron chi connectivity index (χ0n) is 12.2. The highest BCUT2D eigenvalue weighted by Crippen LogP contribution is 2.26. The maximum absolute atomic E-state index is 11.7. The van der Waals surface area contributed by atoms with Crippen molar-refractivity contribution >= 4 is 11.7 Å². The fraction of sp³-hybridized carbons (Fsp3) is 0.333. The van der Waals surface area contributed by atoms with Crippen LogP contribution >= 0.6 is 0 Å². The third-order valence-electron chi connectivity index (χ3n) is 3.71. The first-order valence-electron chi connectivity index (χ1n) is 7.06. The molecule has 3 heterocycles. The zero-order chi connectivity index (χ0) is 15.5. The number of rotatable bonds is 3. The molecule has 7 heteroatoms. The Morgan fingerprint density at radius 3 is 2.95 bits per heavy atom. The maximum atomic E-state index is 11.7. The van der Waals surface area contributed by atoms with Crippen molar-refractivity contribution in [1.29, 1.82) is 5.26 Å². The summed E-state index contributed by atoms with van der Waals surface area (Å²) in [7, 11) is 1.85. The lowest BCUT2D eigenvalue weighted by Gasteiger charge is -2.32. The summed E-state index contributed by atoms with van der Waals surface area (Å²) in [6, 6.07) is 5.42. The Morgan fingerprint density at radius 2 is 2.32 bits per heavy atom. The van der Waals surface area contributed by atoms with Gasteiger partial charge in [0.05, 0.1) is 23.8 Å². The van der Waals surface area contributed by atoms with E-state index in [0.29, 0.717) is 24.2 Å². The molecule has 0 radical (unpaired) electrons. The number of nitrogens with zero attached hydrogens (tertiary/aromatic N) is 4. The van der Waals surface area contributed by atoms with Crippen LogP contribution in [0.1, 0.15) is 30.0 Å². The van der Waals surface area contributed by atoms with Crippen molar-refractivity contribution in [3.8, 4) is 6.07 Å². The standard InChI is InChI=1S/C15H16N6O/c1-21-9-11(8-18-21)15-12(3-5-14(22)20-15)19-13-4-2-10(6-16)7-17-13/h2,4,7-9,12,15H,3,5H2,1H3,(H,17,19)(H,20,22)/t12-,15+/m1/s1. The van der Waals surface area contributed by atoms with Crippen LogP contribution in [0.25, 0.3) is 0 Å². The molecule has 112 valence electrons. The van der Waals surface area contributed by atoms with Crippen LogP contribution in [0.4, 0.5) is 5.82 Å². The molecule has 2 aromatic heterocycles. The summed E-state index contributed by atoms with van der Waals surface area (Å²) >= 11 is 0. The van der Waals surface area contributed by atoms with Gasteiger partial charge in [0, 0.05) is 31.4 Å². The van der Waals surface area contributed by atoms with E-state index < -0.39 is 0 Å². The fourth-order valence-corrected chi connectivity index (χ4v) is 2.61. The van der Waals surface area contributed by atoms with Gasteiger partial charge in [0.25, 0.3) is 0 Å². The van der Waals surface area contributed by atoms with Gasteiger partial charge in [0.2, 0.25) is 5.91 Å². The summed E-state index contributed by atoms with van der Waals surface area (Å²) < 4.78 is 1.72. The number of anilines is 1. The first-order valence-corrected chi connectivity index (χ1v) is 7.06. The quantitative estimate of drug-likeness (QED) is 0.885. The number of carbonyl (C=O) groups is 1. The molecule has 0 aromatic carbocycles. The molecule has 3 rings (SSSR count). The van der Waals surface area contributed by atoms with Crippen molar-refractivity contribution < 1.29 is 4.79 Å². The lowest BCUT2D eigenvalue weighted by atomic mass is 9.93. The molecule has 1 saturated heterocycles. The van der Waals surface area contributed by atoms with E-state index in [2.05, 4.69) is 20.7 Å². The van der Waals surface area contributed by atoms with E-state index in [1.54, 1.807) is 23.0 Å². The minimum absolute atomic E-state index is 0.0299. The lowest BCUT2D eigenvalue weighted by Crippen LogP contribution is -2.45. The molecule has 0 saturated carbocycles. The van der Waals surface area contributed by atoms with E-state index >= 15 is 0 Å². The normalized spacial score (nSPS) is 21.0. The number of hydrogen-bond acceptors (Lipinski definition) is 5. The Kier molecular flexibility index (Phi) is 3.74. The molecule has 1 aliphatic rings. The van der Waals surface area contributed by atoms with Gasteiger partial charge in [-0.25, -0.2) is 4.98 Å². The molecule has 0 bridgehead atoms. The van der Waals surface area contributed by atoms with Crippen LogP contribution in [0.15, 0.2) is 30.7 Å². The minimum atomic E-state index is -0.146. The van der Waals surface area contributed by atoms with Gasteiger partial charge in [0.1, 0.15) is 11.9 Å². The van der Waals surface area contributed by atoms with Crippen molar-refractivity contribution in [1.82, 2.24) is 20.1 Å². The van der Waals surface area contributed by atoms with E-state index in [1.165, 1.54) is 6.20 Å². The topological polar surface area (TPSA) is 95.6 Å². The van der Waals surface area contributed by atoms with E-state index in [9.17, 15) is 4.79 Å². The lowest BCUT2D eigenvalue weighted by molar-refractivity contribution is -0.123. The average Bonchev–Trinajstić information content (AvgIpc) is 2.96. The number of hydrogen-bond donors (Lipinski definition) is 2. The largest absolute Gasteiger partial charge is 0.365 e. The monoisotopic (exact) mass is 296 g/mol. The molecule has 1 aliphatic heterocycles. The van der Waals surface area contributed by atoms with Crippen LogP contribution in [-0.2, 0) is 11.8 Å². The van der Waals surface area contributed by atoms with Crippen LogP contribution < -0.4 is 10.6 Å². The Bertz CT molecular complexity index is 714. The Hall–Kier alpha value is -2.88. The van der Waals surface area contributed by atoms with Crippen LogP contribution in [0.5, 0.6) is 0 Å². The number of amides is 1. The smallest absolute Gasteiger partial charge is 0.220 e. The maximum Gasteiger partial charge on any atom is 0.220 e. The van der Waals surface area contributed by atoms with Crippen LogP contribution in [0, 0.1) is 11.3 Å². The second-order valence-electron chi connectivity index (χ2n) is 5.33. The van der Waals surface area contributed by atoms with Crippen molar-refractivity contribution in [3.05, 3.63) is 41.9 Å². The number of aromatic nitrogens is 3. The molecule has 2 aromatic rings. The van der Waals surface area contributed by atoms with Gasteiger partial charge in [-0.05, 0) is 18.6 Å².